The molecule has 0 spiro atoms. The molecule has 0 atom stereocenters. The molecule has 78 valence electrons. The van der Waals surface area contributed by atoms with E-state index in [1.165, 1.54) is 7.11 Å². The van der Waals surface area contributed by atoms with Gasteiger partial charge in [0.15, 0.2) is 0 Å². The van der Waals surface area contributed by atoms with Crippen molar-refractivity contribution in [2.24, 2.45) is 0 Å². The van der Waals surface area contributed by atoms with Crippen molar-refractivity contribution in [3.63, 3.8) is 0 Å². The number of alkyl halides is 3. The molecule has 6 heteroatoms. The first-order valence-corrected chi connectivity index (χ1v) is 4.21. The maximum atomic E-state index is 12.7. The Hall–Kier alpha value is -0.970. The molecule has 0 saturated carbocycles. The SMILES string of the molecule is COc1cc(F)nc(C(F)F)c1CCl. The first-order chi connectivity index (χ1) is 6.60. The smallest absolute Gasteiger partial charge is 0.280 e. The number of halogens is 4. The molecule has 0 bridgehead atoms. The van der Waals surface area contributed by atoms with E-state index >= 15 is 0 Å². The molecule has 1 aromatic heterocycles. The first kappa shape index (κ1) is 11.1. The van der Waals surface area contributed by atoms with Crippen molar-refractivity contribution >= 4 is 11.6 Å². The molecule has 0 N–H and O–H groups in total. The van der Waals surface area contributed by atoms with Crippen LogP contribution in [0.4, 0.5) is 13.2 Å². The maximum Gasteiger partial charge on any atom is 0.280 e. The number of pyridine rings is 1. The molecule has 14 heavy (non-hydrogen) atoms. The van der Waals surface area contributed by atoms with E-state index in [9.17, 15) is 13.2 Å². The lowest BCUT2D eigenvalue weighted by Crippen LogP contribution is -2.02. The Morgan fingerprint density at radius 3 is 2.64 bits per heavy atom. The average molecular weight is 226 g/mol. The Balaban J connectivity index is 3.31. The van der Waals surface area contributed by atoms with Crippen molar-refractivity contribution < 1.29 is 17.9 Å². The minimum atomic E-state index is -2.87. The van der Waals surface area contributed by atoms with Gasteiger partial charge in [0.2, 0.25) is 5.95 Å². The van der Waals surface area contributed by atoms with Crippen molar-refractivity contribution in [3.05, 3.63) is 23.3 Å². The third-order valence-electron chi connectivity index (χ3n) is 1.64. The van der Waals surface area contributed by atoms with E-state index in [2.05, 4.69) is 4.98 Å². The highest BCUT2D eigenvalue weighted by Crippen LogP contribution is 2.29. The second kappa shape index (κ2) is 4.50. The number of methoxy groups -OCH3 is 1. The van der Waals surface area contributed by atoms with Gasteiger partial charge in [-0.3, -0.25) is 0 Å². The average Bonchev–Trinajstić information content (AvgIpc) is 2.16. The van der Waals surface area contributed by atoms with Crippen LogP contribution in [-0.2, 0) is 5.88 Å². The van der Waals surface area contributed by atoms with Crippen LogP contribution in [0.2, 0.25) is 0 Å². The highest BCUT2D eigenvalue weighted by atomic mass is 35.5. The monoisotopic (exact) mass is 225 g/mol. The second-order valence-corrected chi connectivity index (χ2v) is 2.71. The molecular formula is C8H7ClF3NO. The van der Waals surface area contributed by atoms with Gasteiger partial charge in [-0.1, -0.05) is 0 Å². The molecule has 0 unspecified atom stereocenters. The van der Waals surface area contributed by atoms with Gasteiger partial charge in [0.05, 0.1) is 13.0 Å². The molecule has 0 saturated heterocycles. The summed E-state index contributed by atoms with van der Waals surface area (Å²) in [6.45, 7) is 0. The van der Waals surface area contributed by atoms with Crippen LogP contribution in [0.3, 0.4) is 0 Å². The van der Waals surface area contributed by atoms with E-state index in [-0.39, 0.29) is 17.2 Å². The summed E-state index contributed by atoms with van der Waals surface area (Å²) in [5, 5.41) is 0. The molecule has 0 amide bonds. The summed E-state index contributed by atoms with van der Waals surface area (Å²) in [6.07, 6.45) is -2.87. The predicted octanol–water partition coefficient (Wildman–Crippen LogP) is 2.91. The van der Waals surface area contributed by atoms with Crippen LogP contribution in [0.1, 0.15) is 17.7 Å². The van der Waals surface area contributed by atoms with Crippen LogP contribution < -0.4 is 4.74 Å². The number of rotatable bonds is 3. The van der Waals surface area contributed by atoms with Crippen molar-refractivity contribution in [1.82, 2.24) is 4.98 Å². The maximum absolute atomic E-state index is 12.7. The Morgan fingerprint density at radius 2 is 2.21 bits per heavy atom. The molecule has 1 aromatic rings. The van der Waals surface area contributed by atoms with Gasteiger partial charge in [-0.2, -0.15) is 4.39 Å². The van der Waals surface area contributed by atoms with Crippen molar-refractivity contribution in [2.75, 3.05) is 7.11 Å². The van der Waals surface area contributed by atoms with Gasteiger partial charge < -0.3 is 4.74 Å². The van der Waals surface area contributed by atoms with E-state index in [1.54, 1.807) is 0 Å². The van der Waals surface area contributed by atoms with E-state index in [4.69, 9.17) is 16.3 Å². The molecule has 0 aliphatic heterocycles. The predicted molar refractivity (Wildman–Crippen MR) is 45.3 cm³/mol. The number of aromatic nitrogens is 1. The number of nitrogens with zero attached hydrogens (tertiary/aromatic N) is 1. The minimum Gasteiger partial charge on any atom is -0.496 e. The summed E-state index contributed by atoms with van der Waals surface area (Å²) in [5.74, 6) is -1.22. The van der Waals surface area contributed by atoms with E-state index in [0.717, 1.165) is 6.07 Å². The van der Waals surface area contributed by atoms with Crippen molar-refractivity contribution in [3.8, 4) is 5.75 Å². The molecule has 0 aliphatic rings. The van der Waals surface area contributed by atoms with Crippen LogP contribution in [0.5, 0.6) is 5.75 Å². The first-order valence-electron chi connectivity index (χ1n) is 3.67. The quantitative estimate of drug-likeness (QED) is 0.583. The van der Waals surface area contributed by atoms with Crippen molar-refractivity contribution in [1.29, 1.82) is 0 Å². The Kier molecular flexibility index (Phi) is 3.57. The van der Waals surface area contributed by atoms with Crippen molar-refractivity contribution in [2.45, 2.75) is 12.3 Å². The summed E-state index contributed by atoms with van der Waals surface area (Å²) in [7, 11) is 1.25. The van der Waals surface area contributed by atoms with Crippen LogP contribution in [0.15, 0.2) is 6.07 Å². The molecule has 0 aromatic carbocycles. The highest BCUT2D eigenvalue weighted by molar-refractivity contribution is 6.17. The fourth-order valence-electron chi connectivity index (χ4n) is 1.03. The van der Waals surface area contributed by atoms with Gasteiger partial charge in [-0.15, -0.1) is 11.6 Å². The Morgan fingerprint density at radius 1 is 1.57 bits per heavy atom. The highest BCUT2D eigenvalue weighted by Gasteiger charge is 2.19. The molecule has 1 heterocycles. The Bertz CT molecular complexity index is 333. The summed E-state index contributed by atoms with van der Waals surface area (Å²) in [4.78, 5) is 3.07. The van der Waals surface area contributed by atoms with Gasteiger partial charge in [0, 0.05) is 11.6 Å². The zero-order valence-corrected chi connectivity index (χ0v) is 7.99. The summed E-state index contributed by atoms with van der Waals surface area (Å²) < 4.78 is 42.2. The molecule has 0 aliphatic carbocycles. The van der Waals surface area contributed by atoms with Crippen LogP contribution >= 0.6 is 11.6 Å². The normalized spacial score (nSPS) is 10.7. The second-order valence-electron chi connectivity index (χ2n) is 2.45. The van der Waals surface area contributed by atoms with E-state index < -0.39 is 18.1 Å². The van der Waals surface area contributed by atoms with E-state index in [1.807, 2.05) is 0 Å². The number of hydrogen-bond acceptors (Lipinski definition) is 2. The fraction of sp³-hybridized carbons (Fsp3) is 0.375. The zero-order chi connectivity index (χ0) is 10.7. The summed E-state index contributed by atoms with van der Waals surface area (Å²) in [5.41, 5.74) is -0.651. The zero-order valence-electron chi connectivity index (χ0n) is 7.23. The van der Waals surface area contributed by atoms with Gasteiger partial charge in [-0.05, 0) is 0 Å². The van der Waals surface area contributed by atoms with Gasteiger partial charge in [0.1, 0.15) is 11.4 Å². The summed E-state index contributed by atoms with van der Waals surface area (Å²) in [6, 6.07) is 0.920. The number of ether oxygens (including phenoxy) is 1. The topological polar surface area (TPSA) is 22.1 Å². The largest absolute Gasteiger partial charge is 0.496 e. The van der Waals surface area contributed by atoms with E-state index in [0.29, 0.717) is 0 Å². The van der Waals surface area contributed by atoms with Crippen LogP contribution in [0, 0.1) is 5.95 Å². The lowest BCUT2D eigenvalue weighted by Gasteiger charge is -2.10. The molecule has 1 rings (SSSR count). The van der Waals surface area contributed by atoms with Gasteiger partial charge in [0.25, 0.3) is 6.43 Å². The minimum absolute atomic E-state index is 0.0113. The molecule has 2 nitrogen and oxygen atoms in total. The fourth-order valence-corrected chi connectivity index (χ4v) is 1.30. The van der Waals surface area contributed by atoms with Gasteiger partial charge >= 0.3 is 0 Å². The standard InChI is InChI=1S/C8H7ClF3NO/c1-14-5-2-6(10)13-7(8(11)12)4(5)3-9/h2,8H,3H2,1H3. The molecule has 0 radical (unpaired) electrons. The van der Waals surface area contributed by atoms with Crippen LogP contribution in [0.25, 0.3) is 0 Å². The third kappa shape index (κ3) is 2.09. The van der Waals surface area contributed by atoms with Crippen LogP contribution in [-0.4, -0.2) is 12.1 Å². The summed E-state index contributed by atoms with van der Waals surface area (Å²) >= 11 is 5.44. The van der Waals surface area contributed by atoms with Gasteiger partial charge in [-0.25, -0.2) is 13.8 Å². The Labute approximate surface area is 83.7 Å². The molecular weight excluding hydrogens is 219 g/mol. The molecule has 0 fully saturated rings. The third-order valence-corrected chi connectivity index (χ3v) is 1.91. The number of hydrogen-bond donors (Lipinski definition) is 0. The lowest BCUT2D eigenvalue weighted by atomic mass is 10.2. The lowest BCUT2D eigenvalue weighted by molar-refractivity contribution is 0.143.